The zero-order chi connectivity index (χ0) is 20.6. The first-order valence-corrected chi connectivity index (χ1v) is 10.1. The van der Waals surface area contributed by atoms with Crippen LogP contribution in [0, 0.1) is 10.1 Å². The van der Waals surface area contributed by atoms with Crippen molar-refractivity contribution in [1.82, 2.24) is 0 Å². The van der Waals surface area contributed by atoms with E-state index < -0.39 is 14.9 Å². The van der Waals surface area contributed by atoms with Gasteiger partial charge in [0, 0.05) is 30.1 Å². The summed E-state index contributed by atoms with van der Waals surface area (Å²) in [5.74, 6) is -0.0197. The summed E-state index contributed by atoms with van der Waals surface area (Å²) in [7, 11) is -3.91. The highest BCUT2D eigenvalue weighted by molar-refractivity contribution is 7.92. The Hall–Kier alpha value is -3.66. The number of nitrogens with one attached hydrogen (secondary N) is 1. The Kier molecular flexibility index (Phi) is 4.55. The molecule has 0 unspecified atom stereocenters. The van der Waals surface area contributed by atoms with E-state index in [1.807, 2.05) is 0 Å². The fourth-order valence-electron chi connectivity index (χ4n) is 3.17. The molecule has 9 nitrogen and oxygen atoms in total. The van der Waals surface area contributed by atoms with E-state index in [9.17, 15) is 23.3 Å². The van der Waals surface area contributed by atoms with Gasteiger partial charge >= 0.3 is 0 Å². The van der Waals surface area contributed by atoms with Gasteiger partial charge in [0.15, 0.2) is 5.76 Å². The fourth-order valence-corrected chi connectivity index (χ4v) is 4.22. The number of carbonyl (C=O) groups is 1. The molecule has 10 heteroatoms. The summed E-state index contributed by atoms with van der Waals surface area (Å²) >= 11 is 0. The van der Waals surface area contributed by atoms with E-state index in [4.69, 9.17) is 4.42 Å². The third-order valence-electron chi connectivity index (χ3n) is 4.56. The van der Waals surface area contributed by atoms with Crippen molar-refractivity contribution in [3.8, 4) is 0 Å². The molecule has 0 saturated heterocycles. The van der Waals surface area contributed by atoms with Crippen LogP contribution in [0.25, 0.3) is 0 Å². The maximum absolute atomic E-state index is 12.6. The summed E-state index contributed by atoms with van der Waals surface area (Å²) in [6.45, 7) is 0.466. The number of sulfonamides is 1. The largest absolute Gasteiger partial charge is 0.459 e. The van der Waals surface area contributed by atoms with Crippen molar-refractivity contribution < 1.29 is 22.6 Å². The highest BCUT2D eigenvalue weighted by Gasteiger charge is 2.27. The lowest BCUT2D eigenvalue weighted by Crippen LogP contribution is -2.28. The summed E-state index contributed by atoms with van der Waals surface area (Å²) in [6, 6.07) is 12.8. The van der Waals surface area contributed by atoms with Gasteiger partial charge < -0.3 is 9.32 Å². The van der Waals surface area contributed by atoms with Gasteiger partial charge in [0.25, 0.3) is 21.6 Å². The van der Waals surface area contributed by atoms with Gasteiger partial charge in [-0.15, -0.1) is 0 Å². The van der Waals surface area contributed by atoms with Crippen LogP contribution in [0.5, 0.6) is 0 Å². The number of furan rings is 1. The molecule has 3 aromatic rings. The number of nitro benzene ring substituents is 1. The van der Waals surface area contributed by atoms with Crippen LogP contribution in [-0.2, 0) is 16.4 Å². The number of amides is 1. The van der Waals surface area contributed by atoms with Gasteiger partial charge in [-0.25, -0.2) is 8.42 Å². The molecule has 2 heterocycles. The quantitative estimate of drug-likeness (QED) is 0.506. The number of benzene rings is 2. The molecule has 4 rings (SSSR count). The van der Waals surface area contributed by atoms with Crippen molar-refractivity contribution >= 4 is 33.0 Å². The second-order valence-electron chi connectivity index (χ2n) is 6.38. The molecule has 1 amide bonds. The number of nitro groups is 1. The molecule has 1 aliphatic rings. The molecule has 1 aliphatic heterocycles. The van der Waals surface area contributed by atoms with Crippen LogP contribution in [0.2, 0.25) is 0 Å². The van der Waals surface area contributed by atoms with E-state index in [2.05, 4.69) is 4.72 Å². The summed E-state index contributed by atoms with van der Waals surface area (Å²) in [5, 5.41) is 10.7. The number of anilines is 2. The highest BCUT2D eigenvalue weighted by Crippen LogP contribution is 2.32. The summed E-state index contributed by atoms with van der Waals surface area (Å²) in [6.07, 6.45) is 2.01. The van der Waals surface area contributed by atoms with Crippen LogP contribution < -0.4 is 9.62 Å². The molecule has 0 atom stereocenters. The maximum atomic E-state index is 12.6. The number of hydrogen-bond donors (Lipinski definition) is 1. The minimum atomic E-state index is -3.91. The average molecular weight is 413 g/mol. The van der Waals surface area contributed by atoms with Crippen LogP contribution in [0.15, 0.2) is 70.2 Å². The first kappa shape index (κ1) is 18.7. The van der Waals surface area contributed by atoms with Gasteiger partial charge in [-0.3, -0.25) is 19.6 Å². The van der Waals surface area contributed by atoms with E-state index in [-0.39, 0.29) is 22.3 Å². The van der Waals surface area contributed by atoms with Crippen LogP contribution in [0.1, 0.15) is 16.1 Å². The molecule has 0 bridgehead atoms. The molecule has 0 aliphatic carbocycles. The molecule has 1 aromatic heterocycles. The number of fused-ring (bicyclic) bond motifs is 1. The number of non-ortho nitro benzene ring substituents is 1. The van der Waals surface area contributed by atoms with Crippen LogP contribution in [0.4, 0.5) is 17.1 Å². The van der Waals surface area contributed by atoms with Gasteiger partial charge in [0.2, 0.25) is 0 Å². The normalized spacial score (nSPS) is 13.2. The second-order valence-corrected chi connectivity index (χ2v) is 8.07. The Balaban J connectivity index is 1.55. The van der Waals surface area contributed by atoms with E-state index in [1.165, 1.54) is 18.4 Å². The maximum Gasteiger partial charge on any atom is 0.293 e. The van der Waals surface area contributed by atoms with Crippen molar-refractivity contribution in [1.29, 1.82) is 0 Å². The molecule has 0 saturated carbocycles. The Morgan fingerprint density at radius 2 is 1.90 bits per heavy atom. The molecule has 29 heavy (non-hydrogen) atoms. The molecule has 2 aromatic carbocycles. The second kappa shape index (κ2) is 7.06. The summed E-state index contributed by atoms with van der Waals surface area (Å²) in [5.41, 5.74) is 1.68. The molecule has 1 N–H and O–H groups in total. The molecular weight excluding hydrogens is 398 g/mol. The lowest BCUT2D eigenvalue weighted by Gasteiger charge is -2.16. The van der Waals surface area contributed by atoms with Gasteiger partial charge in [-0.1, -0.05) is 0 Å². The Labute approximate surface area is 165 Å². The third kappa shape index (κ3) is 3.57. The summed E-state index contributed by atoms with van der Waals surface area (Å²) in [4.78, 5) is 24.1. The lowest BCUT2D eigenvalue weighted by molar-refractivity contribution is -0.384. The van der Waals surface area contributed by atoms with E-state index in [0.29, 0.717) is 24.3 Å². The predicted octanol–water partition coefficient (Wildman–Crippen LogP) is 3.19. The minimum absolute atomic E-state index is 0.0850. The van der Waals surface area contributed by atoms with Crippen molar-refractivity contribution in [3.05, 3.63) is 82.3 Å². The standard InChI is InChI=1S/C19H15N3O6S/c23-19(18-2-1-11-28-18)21-10-9-13-12-14(3-8-17(13)21)20-29(26,27)16-6-4-15(5-7-16)22(24)25/h1-8,11-12,20H,9-10H2. The predicted molar refractivity (Wildman–Crippen MR) is 104 cm³/mol. The average Bonchev–Trinajstić information content (AvgIpc) is 3.37. The lowest BCUT2D eigenvalue weighted by atomic mass is 10.1. The Bertz CT molecular complexity index is 1190. The molecule has 0 fully saturated rings. The Morgan fingerprint density at radius 1 is 1.14 bits per heavy atom. The number of nitrogens with zero attached hydrogens (tertiary/aromatic N) is 2. The zero-order valence-corrected chi connectivity index (χ0v) is 15.8. The first-order valence-electron chi connectivity index (χ1n) is 8.61. The SMILES string of the molecule is O=C(c1ccco1)N1CCc2cc(NS(=O)(=O)c3ccc([N+](=O)[O-])cc3)ccc21. The van der Waals surface area contributed by atoms with E-state index in [0.717, 1.165) is 17.7 Å². The van der Waals surface area contributed by atoms with Gasteiger partial charge in [0.05, 0.1) is 16.1 Å². The van der Waals surface area contributed by atoms with Gasteiger partial charge in [-0.05, 0) is 54.4 Å². The van der Waals surface area contributed by atoms with Gasteiger partial charge in [-0.2, -0.15) is 0 Å². The van der Waals surface area contributed by atoms with Crippen LogP contribution in [0.3, 0.4) is 0 Å². The van der Waals surface area contributed by atoms with Crippen molar-refractivity contribution in [2.45, 2.75) is 11.3 Å². The van der Waals surface area contributed by atoms with Crippen molar-refractivity contribution in [2.24, 2.45) is 0 Å². The molecule has 148 valence electrons. The fraction of sp³-hybridized carbons (Fsp3) is 0.105. The Morgan fingerprint density at radius 3 is 2.55 bits per heavy atom. The van der Waals surface area contributed by atoms with Crippen LogP contribution >= 0.6 is 0 Å². The van der Waals surface area contributed by atoms with Crippen molar-refractivity contribution in [3.63, 3.8) is 0 Å². The monoisotopic (exact) mass is 413 g/mol. The molecule has 0 spiro atoms. The third-order valence-corrected chi connectivity index (χ3v) is 5.96. The zero-order valence-electron chi connectivity index (χ0n) is 14.9. The summed E-state index contributed by atoms with van der Waals surface area (Å²) < 4.78 is 32.7. The van der Waals surface area contributed by atoms with E-state index in [1.54, 1.807) is 35.2 Å². The molecular formula is C19H15N3O6S. The van der Waals surface area contributed by atoms with Crippen molar-refractivity contribution in [2.75, 3.05) is 16.2 Å². The van der Waals surface area contributed by atoms with E-state index >= 15 is 0 Å². The number of rotatable bonds is 5. The molecule has 0 radical (unpaired) electrons. The number of carbonyl (C=O) groups excluding carboxylic acids is 1. The smallest absolute Gasteiger partial charge is 0.293 e. The number of hydrogen-bond acceptors (Lipinski definition) is 6. The highest BCUT2D eigenvalue weighted by atomic mass is 32.2. The van der Waals surface area contributed by atoms with Gasteiger partial charge in [0.1, 0.15) is 0 Å². The topological polar surface area (TPSA) is 123 Å². The van der Waals surface area contributed by atoms with Crippen LogP contribution in [-0.4, -0.2) is 25.8 Å². The minimum Gasteiger partial charge on any atom is -0.459 e. The first-order chi connectivity index (χ1) is 13.8.